The van der Waals surface area contributed by atoms with Crippen LogP contribution in [0.3, 0.4) is 0 Å². The maximum absolute atomic E-state index is 12.7. The summed E-state index contributed by atoms with van der Waals surface area (Å²) < 4.78 is 43.8. The van der Waals surface area contributed by atoms with Crippen molar-refractivity contribution in [1.29, 1.82) is 0 Å². The zero-order valence-electron chi connectivity index (χ0n) is 14.0. The first-order valence-electron chi connectivity index (χ1n) is 8.25. The molecule has 138 valence electrons. The van der Waals surface area contributed by atoms with E-state index < -0.39 is 11.7 Å². The molecule has 0 N–H and O–H groups in total. The Labute approximate surface area is 144 Å². The van der Waals surface area contributed by atoms with Crippen LogP contribution in [0, 0.1) is 0 Å². The highest BCUT2D eigenvalue weighted by Gasteiger charge is 2.33. The summed E-state index contributed by atoms with van der Waals surface area (Å²) in [5.74, 6) is -0.0614. The fourth-order valence-electron chi connectivity index (χ4n) is 3.02. The number of piperazine rings is 1. The molecule has 1 aromatic heterocycles. The molecular weight excluding hydrogens is 337 g/mol. The number of alkyl halides is 3. The minimum atomic E-state index is -4.43. The van der Waals surface area contributed by atoms with Crippen molar-refractivity contribution in [3.05, 3.63) is 23.9 Å². The van der Waals surface area contributed by atoms with E-state index in [-0.39, 0.29) is 18.0 Å². The van der Waals surface area contributed by atoms with Crippen LogP contribution in [0.2, 0.25) is 0 Å². The summed E-state index contributed by atoms with van der Waals surface area (Å²) >= 11 is 0. The van der Waals surface area contributed by atoms with Crippen molar-refractivity contribution in [2.24, 2.45) is 0 Å². The van der Waals surface area contributed by atoms with Gasteiger partial charge in [0.25, 0.3) is 0 Å². The first-order valence-corrected chi connectivity index (χ1v) is 8.25. The second kappa shape index (κ2) is 7.07. The van der Waals surface area contributed by atoms with E-state index in [4.69, 9.17) is 4.74 Å². The Kier molecular flexibility index (Phi) is 5.03. The van der Waals surface area contributed by atoms with Crippen molar-refractivity contribution in [3.63, 3.8) is 0 Å². The first-order chi connectivity index (χ1) is 11.8. The molecule has 6 nitrogen and oxygen atoms in total. The van der Waals surface area contributed by atoms with Crippen LogP contribution in [-0.2, 0) is 6.18 Å². The molecule has 2 aliphatic heterocycles. The second-order valence-corrected chi connectivity index (χ2v) is 6.43. The van der Waals surface area contributed by atoms with Gasteiger partial charge < -0.3 is 19.4 Å². The highest BCUT2D eigenvalue weighted by molar-refractivity contribution is 5.75. The highest BCUT2D eigenvalue weighted by Crippen LogP contribution is 2.31. The van der Waals surface area contributed by atoms with Crippen molar-refractivity contribution in [2.75, 3.05) is 46.3 Å². The van der Waals surface area contributed by atoms with Gasteiger partial charge in [-0.3, -0.25) is 0 Å². The van der Waals surface area contributed by atoms with Crippen molar-refractivity contribution in [3.8, 4) is 5.88 Å². The third kappa shape index (κ3) is 4.33. The number of pyridine rings is 1. The van der Waals surface area contributed by atoms with Gasteiger partial charge in [-0.05, 0) is 13.1 Å². The van der Waals surface area contributed by atoms with Gasteiger partial charge in [0.1, 0.15) is 6.10 Å². The Morgan fingerprint density at radius 1 is 1.20 bits per heavy atom. The average Bonchev–Trinajstić information content (AvgIpc) is 3.03. The maximum Gasteiger partial charge on any atom is 0.416 e. The number of urea groups is 1. The number of hydrogen-bond donors (Lipinski definition) is 0. The number of likely N-dealkylation sites (N-methyl/N-ethyl adjacent to an activating group) is 1. The lowest BCUT2D eigenvalue weighted by atomic mass is 10.2. The summed E-state index contributed by atoms with van der Waals surface area (Å²) in [6.07, 6.45) is -3.11. The monoisotopic (exact) mass is 358 g/mol. The third-order valence-corrected chi connectivity index (χ3v) is 4.54. The molecule has 2 aliphatic rings. The van der Waals surface area contributed by atoms with E-state index in [1.807, 2.05) is 11.9 Å². The topological polar surface area (TPSA) is 48.9 Å². The molecule has 0 radical (unpaired) electrons. The van der Waals surface area contributed by atoms with Crippen LogP contribution in [-0.4, -0.2) is 78.1 Å². The Balaban J connectivity index is 1.55. The lowest BCUT2D eigenvalue weighted by Crippen LogP contribution is -2.51. The molecule has 3 rings (SSSR count). The molecule has 3 heterocycles. The fourth-order valence-corrected chi connectivity index (χ4v) is 3.02. The molecule has 0 saturated carbocycles. The molecule has 25 heavy (non-hydrogen) atoms. The van der Waals surface area contributed by atoms with Crippen LogP contribution >= 0.6 is 0 Å². The second-order valence-electron chi connectivity index (χ2n) is 6.43. The summed E-state index contributed by atoms with van der Waals surface area (Å²) in [5, 5.41) is 0. The Morgan fingerprint density at radius 3 is 2.60 bits per heavy atom. The van der Waals surface area contributed by atoms with Gasteiger partial charge in [-0.25, -0.2) is 9.78 Å². The Morgan fingerprint density at radius 2 is 1.92 bits per heavy atom. The molecule has 2 amide bonds. The zero-order valence-corrected chi connectivity index (χ0v) is 14.0. The predicted molar refractivity (Wildman–Crippen MR) is 84.3 cm³/mol. The molecule has 2 fully saturated rings. The maximum atomic E-state index is 12.7. The largest absolute Gasteiger partial charge is 0.472 e. The molecule has 0 aromatic carbocycles. The van der Waals surface area contributed by atoms with Crippen molar-refractivity contribution in [2.45, 2.75) is 18.7 Å². The standard InChI is InChI=1S/C16H21F3N4O2/c1-21-6-8-22(9-7-21)15(24)23-5-3-13(11-23)25-14-10-12(2-4-20-14)16(17,18)19/h2,4,10,13H,3,5-9,11H2,1H3. The summed E-state index contributed by atoms with van der Waals surface area (Å²) in [4.78, 5) is 22.0. The number of aromatic nitrogens is 1. The summed E-state index contributed by atoms with van der Waals surface area (Å²) in [5.41, 5.74) is -0.791. The molecule has 1 unspecified atom stereocenters. The molecule has 0 aliphatic carbocycles. The van der Waals surface area contributed by atoms with Crippen LogP contribution in [0.1, 0.15) is 12.0 Å². The van der Waals surface area contributed by atoms with Gasteiger partial charge in [-0.15, -0.1) is 0 Å². The number of carbonyl (C=O) groups is 1. The van der Waals surface area contributed by atoms with E-state index in [2.05, 4.69) is 9.88 Å². The molecule has 0 bridgehead atoms. The molecule has 1 atom stereocenters. The Hall–Kier alpha value is -2.03. The van der Waals surface area contributed by atoms with Gasteiger partial charge in [0.15, 0.2) is 0 Å². The smallest absolute Gasteiger partial charge is 0.416 e. The number of likely N-dealkylation sites (tertiary alicyclic amines) is 1. The molecule has 9 heteroatoms. The zero-order chi connectivity index (χ0) is 18.0. The molecule has 2 saturated heterocycles. The number of halogens is 3. The first kappa shape index (κ1) is 17.8. The van der Waals surface area contributed by atoms with Crippen LogP contribution < -0.4 is 4.74 Å². The summed E-state index contributed by atoms with van der Waals surface area (Å²) in [7, 11) is 2.02. The minimum absolute atomic E-state index is 0.0313. The average molecular weight is 358 g/mol. The van der Waals surface area contributed by atoms with E-state index in [1.54, 1.807) is 4.90 Å². The van der Waals surface area contributed by atoms with Crippen LogP contribution in [0.5, 0.6) is 5.88 Å². The van der Waals surface area contributed by atoms with Crippen molar-refractivity contribution in [1.82, 2.24) is 19.7 Å². The number of hydrogen-bond acceptors (Lipinski definition) is 4. The number of ether oxygens (including phenoxy) is 1. The van der Waals surface area contributed by atoms with Gasteiger partial charge in [0.2, 0.25) is 5.88 Å². The third-order valence-electron chi connectivity index (χ3n) is 4.54. The normalized spacial score (nSPS) is 22.3. The molecule has 1 aromatic rings. The van der Waals surface area contributed by atoms with Gasteiger partial charge >= 0.3 is 12.2 Å². The van der Waals surface area contributed by atoms with Gasteiger partial charge in [0.05, 0.1) is 12.1 Å². The van der Waals surface area contributed by atoms with Crippen LogP contribution in [0.15, 0.2) is 18.3 Å². The number of amides is 2. The van der Waals surface area contributed by atoms with E-state index >= 15 is 0 Å². The molecular formula is C16H21F3N4O2. The van der Waals surface area contributed by atoms with E-state index in [1.165, 1.54) is 0 Å². The number of rotatable bonds is 2. The van der Waals surface area contributed by atoms with E-state index in [0.717, 1.165) is 31.4 Å². The quantitative estimate of drug-likeness (QED) is 0.811. The van der Waals surface area contributed by atoms with Crippen molar-refractivity contribution >= 4 is 6.03 Å². The Bertz CT molecular complexity index is 618. The minimum Gasteiger partial charge on any atom is -0.472 e. The van der Waals surface area contributed by atoms with E-state index in [9.17, 15) is 18.0 Å². The number of nitrogens with zero attached hydrogens (tertiary/aromatic N) is 4. The summed E-state index contributed by atoms with van der Waals surface area (Å²) in [6, 6.07) is 1.77. The fraction of sp³-hybridized carbons (Fsp3) is 0.625. The lowest BCUT2D eigenvalue weighted by Gasteiger charge is -2.34. The number of carbonyl (C=O) groups excluding carboxylic acids is 1. The predicted octanol–water partition coefficient (Wildman–Crippen LogP) is 1.92. The van der Waals surface area contributed by atoms with Crippen LogP contribution in [0.4, 0.5) is 18.0 Å². The van der Waals surface area contributed by atoms with Gasteiger partial charge in [-0.1, -0.05) is 0 Å². The van der Waals surface area contributed by atoms with Gasteiger partial charge in [-0.2, -0.15) is 13.2 Å². The van der Waals surface area contributed by atoms with Crippen LogP contribution in [0.25, 0.3) is 0 Å². The summed E-state index contributed by atoms with van der Waals surface area (Å²) in [6.45, 7) is 3.96. The molecule has 0 spiro atoms. The highest BCUT2D eigenvalue weighted by atomic mass is 19.4. The van der Waals surface area contributed by atoms with Gasteiger partial charge in [0, 0.05) is 51.4 Å². The SMILES string of the molecule is CN1CCN(C(=O)N2CCC(Oc3cc(C(F)(F)F)ccn3)C2)CC1. The lowest BCUT2D eigenvalue weighted by molar-refractivity contribution is -0.137. The van der Waals surface area contributed by atoms with E-state index in [0.29, 0.717) is 32.6 Å². The van der Waals surface area contributed by atoms with Crippen molar-refractivity contribution < 1.29 is 22.7 Å².